The fourth-order valence-corrected chi connectivity index (χ4v) is 11.9. The van der Waals surface area contributed by atoms with Crippen LogP contribution in [0.25, 0.3) is 59.1 Å². The van der Waals surface area contributed by atoms with Gasteiger partial charge in [0.1, 0.15) is 0 Å². The molecule has 0 saturated heterocycles. The Kier molecular flexibility index (Phi) is 5.43. The van der Waals surface area contributed by atoms with Gasteiger partial charge in [-0.2, -0.15) is 0 Å². The summed E-state index contributed by atoms with van der Waals surface area (Å²) in [5.41, 5.74) is 16.0. The van der Waals surface area contributed by atoms with Crippen LogP contribution < -0.4 is 0 Å². The third-order valence-electron chi connectivity index (χ3n) is 11.6. The largest absolute Gasteiger partial charge is 0.309 e. The number of benzene rings is 7. The SMILES string of the molecule is c1ccc2c(c1)CCc1c-2n(-c2ccc3sc4ccccc4c3c2)c2cc3c(cc12)C1(c2ccccc2S3)c2ccccc2-c2ccccc21. The van der Waals surface area contributed by atoms with E-state index in [1.807, 2.05) is 23.1 Å². The second kappa shape index (κ2) is 9.88. The van der Waals surface area contributed by atoms with Crippen molar-refractivity contribution in [1.82, 2.24) is 4.57 Å². The molecule has 7 aromatic carbocycles. The lowest BCUT2D eigenvalue weighted by Gasteiger charge is -2.39. The van der Waals surface area contributed by atoms with Crippen molar-refractivity contribution < 1.29 is 0 Å². The molecule has 9 aromatic rings. The molecule has 3 aliphatic rings. The number of thiophene rings is 1. The van der Waals surface area contributed by atoms with Crippen LogP contribution in [-0.2, 0) is 18.3 Å². The van der Waals surface area contributed by atoms with Crippen LogP contribution in [0.15, 0.2) is 161 Å². The predicted molar refractivity (Wildman–Crippen MR) is 210 cm³/mol. The maximum Gasteiger partial charge on any atom is 0.0735 e. The molecule has 1 nitrogen and oxygen atoms in total. The fourth-order valence-electron chi connectivity index (χ4n) is 9.59. The first kappa shape index (κ1) is 27.5. The van der Waals surface area contributed by atoms with Crippen LogP contribution in [0.2, 0.25) is 0 Å². The molecule has 2 aliphatic carbocycles. The Balaban J connectivity index is 1.22. The lowest BCUT2D eigenvalue weighted by atomic mass is 9.67. The average Bonchev–Trinajstić information content (AvgIpc) is 3.81. The zero-order valence-corrected chi connectivity index (χ0v) is 28.7. The van der Waals surface area contributed by atoms with E-state index in [4.69, 9.17) is 0 Å². The van der Waals surface area contributed by atoms with E-state index in [1.54, 1.807) is 0 Å². The van der Waals surface area contributed by atoms with E-state index < -0.39 is 0 Å². The van der Waals surface area contributed by atoms with Crippen LogP contribution in [0.5, 0.6) is 0 Å². The molecule has 12 rings (SSSR count). The zero-order chi connectivity index (χ0) is 32.6. The van der Waals surface area contributed by atoms with Gasteiger partial charge in [-0.25, -0.2) is 0 Å². The quantitative estimate of drug-likeness (QED) is 0.168. The van der Waals surface area contributed by atoms with Crippen molar-refractivity contribution in [3.8, 4) is 28.1 Å². The molecule has 1 aliphatic heterocycles. The minimum Gasteiger partial charge on any atom is -0.309 e. The first-order valence-electron chi connectivity index (χ1n) is 17.5. The summed E-state index contributed by atoms with van der Waals surface area (Å²) in [6, 6.07) is 57.6. The van der Waals surface area contributed by atoms with Gasteiger partial charge >= 0.3 is 0 Å². The summed E-state index contributed by atoms with van der Waals surface area (Å²) in [6.45, 7) is 0. The number of hydrogen-bond acceptors (Lipinski definition) is 2. The summed E-state index contributed by atoms with van der Waals surface area (Å²) in [5, 5.41) is 4.05. The van der Waals surface area contributed by atoms with Gasteiger partial charge in [0.2, 0.25) is 0 Å². The summed E-state index contributed by atoms with van der Waals surface area (Å²) in [7, 11) is 0. The van der Waals surface area contributed by atoms with Gasteiger partial charge in [0.05, 0.1) is 16.6 Å². The van der Waals surface area contributed by atoms with Crippen molar-refractivity contribution in [1.29, 1.82) is 0 Å². The van der Waals surface area contributed by atoms with Crippen molar-refractivity contribution in [3.63, 3.8) is 0 Å². The summed E-state index contributed by atoms with van der Waals surface area (Å²) >= 11 is 3.82. The molecule has 0 saturated carbocycles. The Bertz CT molecular complexity index is 2880. The summed E-state index contributed by atoms with van der Waals surface area (Å²) in [6.07, 6.45) is 2.09. The zero-order valence-electron chi connectivity index (χ0n) is 27.1. The van der Waals surface area contributed by atoms with Gasteiger partial charge in [-0.3, -0.25) is 0 Å². The van der Waals surface area contributed by atoms with Gasteiger partial charge < -0.3 is 4.57 Å². The summed E-state index contributed by atoms with van der Waals surface area (Å²) in [4.78, 5) is 2.68. The van der Waals surface area contributed by atoms with E-state index in [0.29, 0.717) is 0 Å². The highest BCUT2D eigenvalue weighted by Gasteiger charge is 2.50. The third-order valence-corrected chi connectivity index (χ3v) is 13.9. The molecule has 0 N–H and O–H groups in total. The molecule has 1 spiro atoms. The Morgan fingerprint density at radius 2 is 1.16 bits per heavy atom. The van der Waals surface area contributed by atoms with Crippen LogP contribution in [0.4, 0.5) is 0 Å². The maximum atomic E-state index is 2.61. The lowest BCUT2D eigenvalue weighted by molar-refractivity contribution is 0.724. The van der Waals surface area contributed by atoms with E-state index in [-0.39, 0.29) is 5.41 Å². The molecule has 2 aromatic heterocycles. The van der Waals surface area contributed by atoms with Gasteiger partial charge in [-0.1, -0.05) is 121 Å². The highest BCUT2D eigenvalue weighted by Crippen LogP contribution is 2.63. The predicted octanol–water partition coefficient (Wildman–Crippen LogP) is 12.6. The molecular formula is C47H29NS2. The van der Waals surface area contributed by atoms with Crippen molar-refractivity contribution >= 4 is 54.2 Å². The number of aromatic nitrogens is 1. The molecule has 234 valence electrons. The van der Waals surface area contributed by atoms with E-state index in [2.05, 4.69) is 156 Å². The Morgan fingerprint density at radius 3 is 2.00 bits per heavy atom. The molecule has 0 unspecified atom stereocenters. The van der Waals surface area contributed by atoms with Gasteiger partial charge in [-0.05, 0) is 99.8 Å². The molecule has 0 bridgehead atoms. The molecule has 0 fully saturated rings. The second-order valence-corrected chi connectivity index (χ2v) is 16.1. The Hall–Kier alpha value is -5.35. The van der Waals surface area contributed by atoms with Crippen molar-refractivity contribution in [2.75, 3.05) is 0 Å². The van der Waals surface area contributed by atoms with Gasteiger partial charge in [-0.15, -0.1) is 11.3 Å². The molecular weight excluding hydrogens is 643 g/mol. The highest BCUT2D eigenvalue weighted by atomic mass is 32.2. The van der Waals surface area contributed by atoms with Gasteiger partial charge in [0, 0.05) is 46.6 Å². The second-order valence-electron chi connectivity index (χ2n) is 13.9. The van der Waals surface area contributed by atoms with Crippen molar-refractivity contribution in [2.24, 2.45) is 0 Å². The molecule has 0 atom stereocenters. The Morgan fingerprint density at radius 1 is 0.480 bits per heavy atom. The third kappa shape index (κ3) is 3.39. The number of hydrogen-bond donors (Lipinski definition) is 0. The van der Waals surface area contributed by atoms with Crippen LogP contribution in [-0.4, -0.2) is 4.57 Å². The maximum absolute atomic E-state index is 2.61. The molecule has 50 heavy (non-hydrogen) atoms. The molecule has 3 heterocycles. The van der Waals surface area contributed by atoms with Crippen molar-refractivity contribution in [2.45, 2.75) is 28.0 Å². The lowest BCUT2D eigenvalue weighted by Crippen LogP contribution is -2.32. The minimum atomic E-state index is -0.380. The number of rotatable bonds is 1. The first-order valence-corrected chi connectivity index (χ1v) is 19.1. The normalized spacial score (nSPS) is 14.7. The first-order chi connectivity index (χ1) is 24.8. The molecule has 3 heteroatoms. The van der Waals surface area contributed by atoms with Gasteiger partial charge in [0.25, 0.3) is 0 Å². The monoisotopic (exact) mass is 671 g/mol. The molecule has 0 radical (unpaired) electrons. The Labute approximate surface area is 298 Å². The number of nitrogens with zero attached hydrogens (tertiary/aromatic N) is 1. The van der Waals surface area contributed by atoms with Crippen LogP contribution in [0, 0.1) is 0 Å². The number of aryl methyl sites for hydroxylation is 2. The van der Waals surface area contributed by atoms with Crippen LogP contribution >= 0.6 is 23.1 Å². The fraction of sp³-hybridized carbons (Fsp3) is 0.0638. The molecule has 0 amide bonds. The van der Waals surface area contributed by atoms with E-state index in [0.717, 1.165) is 12.8 Å². The van der Waals surface area contributed by atoms with E-state index >= 15 is 0 Å². The standard InChI is InChI=1S/C47H29NS2/c1-2-12-30-28(11-1)21-23-34-35-26-40-45(27-41(35)48(46(30)34)29-22-24-43-36(25-29)33-15-5-9-19-42(33)49-43)50-44-20-10-8-18-39(44)47(40)37-16-6-3-13-31(37)32-14-4-7-17-38(32)47/h1-20,22,24-27H,21,23H2. The van der Waals surface area contributed by atoms with Crippen LogP contribution in [0.1, 0.15) is 33.4 Å². The summed E-state index contributed by atoms with van der Waals surface area (Å²) < 4.78 is 5.28. The highest BCUT2D eigenvalue weighted by molar-refractivity contribution is 7.99. The van der Waals surface area contributed by atoms with Crippen LogP contribution in [0.3, 0.4) is 0 Å². The summed E-state index contributed by atoms with van der Waals surface area (Å²) in [5.74, 6) is 0. The number of fused-ring (bicyclic) bond motifs is 17. The average molecular weight is 672 g/mol. The topological polar surface area (TPSA) is 4.93 Å². The minimum absolute atomic E-state index is 0.380. The van der Waals surface area contributed by atoms with E-state index in [1.165, 1.54) is 102 Å². The van der Waals surface area contributed by atoms with E-state index in [9.17, 15) is 0 Å². The van der Waals surface area contributed by atoms with Crippen molar-refractivity contribution in [3.05, 3.63) is 185 Å². The van der Waals surface area contributed by atoms with Gasteiger partial charge in [0.15, 0.2) is 0 Å². The smallest absolute Gasteiger partial charge is 0.0735 e.